The van der Waals surface area contributed by atoms with Gasteiger partial charge in [0.25, 0.3) is 0 Å². The van der Waals surface area contributed by atoms with E-state index in [1.807, 2.05) is 31.3 Å². The molecule has 1 unspecified atom stereocenters. The molecule has 0 aliphatic carbocycles. The summed E-state index contributed by atoms with van der Waals surface area (Å²) >= 11 is 7.33. The van der Waals surface area contributed by atoms with Gasteiger partial charge in [0.05, 0.1) is 29.7 Å². The van der Waals surface area contributed by atoms with Crippen molar-refractivity contribution in [3.8, 4) is 0 Å². The van der Waals surface area contributed by atoms with Gasteiger partial charge in [0.2, 0.25) is 0 Å². The van der Waals surface area contributed by atoms with Crippen LogP contribution >= 0.6 is 23.3 Å². The molecule has 0 bridgehead atoms. The number of hydrogen-bond acceptors (Lipinski definition) is 4. The molecule has 1 N–H and O–H groups in total. The normalized spacial score (nSPS) is 12.7. The summed E-state index contributed by atoms with van der Waals surface area (Å²) in [6.45, 7) is 0. The maximum absolute atomic E-state index is 6.13. The van der Waals surface area contributed by atoms with E-state index in [1.165, 1.54) is 11.7 Å². The van der Waals surface area contributed by atoms with Gasteiger partial charge in [-0.1, -0.05) is 29.8 Å². The highest BCUT2D eigenvalue weighted by Crippen LogP contribution is 2.26. The van der Waals surface area contributed by atoms with Crippen LogP contribution in [0.25, 0.3) is 0 Å². The third kappa shape index (κ3) is 2.17. The van der Waals surface area contributed by atoms with E-state index in [0.717, 1.165) is 16.3 Å². The first-order chi connectivity index (χ1) is 7.33. The molecule has 0 radical (unpaired) electrons. The Morgan fingerprint density at radius 1 is 1.40 bits per heavy atom. The van der Waals surface area contributed by atoms with Gasteiger partial charge in [0.15, 0.2) is 0 Å². The van der Waals surface area contributed by atoms with Crippen LogP contribution in [0.1, 0.15) is 17.3 Å². The molecule has 0 aliphatic rings. The molecule has 2 rings (SSSR count). The number of rotatable bonds is 3. The third-order valence-corrected chi connectivity index (χ3v) is 3.02. The van der Waals surface area contributed by atoms with Crippen LogP contribution in [0.15, 0.2) is 30.5 Å². The summed E-state index contributed by atoms with van der Waals surface area (Å²) in [5, 5.41) is 3.92. The molecule has 3 nitrogen and oxygen atoms in total. The maximum Gasteiger partial charge on any atom is 0.0958 e. The van der Waals surface area contributed by atoms with Crippen LogP contribution in [0.4, 0.5) is 0 Å². The van der Waals surface area contributed by atoms with E-state index in [1.54, 1.807) is 6.20 Å². The van der Waals surface area contributed by atoms with Crippen LogP contribution in [-0.4, -0.2) is 15.8 Å². The standard InChI is InChI=1S/C10H10ClN3S/c1-12-10(9-6-13-15-14-9)7-4-2-3-5-8(7)11/h2-6,10,12H,1H3. The molecule has 0 amide bonds. The Morgan fingerprint density at radius 3 is 2.80 bits per heavy atom. The molecule has 1 atom stereocenters. The second-order valence-electron chi connectivity index (χ2n) is 3.08. The minimum atomic E-state index is 0.0115. The lowest BCUT2D eigenvalue weighted by atomic mass is 10.0. The van der Waals surface area contributed by atoms with Crippen molar-refractivity contribution in [1.82, 2.24) is 14.1 Å². The number of aromatic nitrogens is 2. The molecule has 0 saturated carbocycles. The summed E-state index contributed by atoms with van der Waals surface area (Å²) in [7, 11) is 1.88. The maximum atomic E-state index is 6.13. The van der Waals surface area contributed by atoms with Crippen molar-refractivity contribution < 1.29 is 0 Å². The Balaban J connectivity index is 2.40. The zero-order valence-corrected chi connectivity index (χ0v) is 9.72. The van der Waals surface area contributed by atoms with Crippen LogP contribution in [0.3, 0.4) is 0 Å². The minimum absolute atomic E-state index is 0.0115. The van der Waals surface area contributed by atoms with Gasteiger partial charge < -0.3 is 5.32 Å². The Bertz CT molecular complexity index is 430. The highest BCUT2D eigenvalue weighted by Gasteiger charge is 2.16. The number of nitrogens with one attached hydrogen (secondary N) is 1. The van der Waals surface area contributed by atoms with E-state index >= 15 is 0 Å². The number of hydrogen-bond donors (Lipinski definition) is 1. The average Bonchev–Trinajstić information content (AvgIpc) is 2.75. The first kappa shape index (κ1) is 10.5. The number of nitrogens with zero attached hydrogens (tertiary/aromatic N) is 2. The van der Waals surface area contributed by atoms with Crippen molar-refractivity contribution in [2.24, 2.45) is 0 Å². The molecular formula is C10H10ClN3S. The van der Waals surface area contributed by atoms with Crippen molar-refractivity contribution in [2.45, 2.75) is 6.04 Å². The predicted octanol–water partition coefficient (Wildman–Crippen LogP) is 2.50. The predicted molar refractivity (Wildman–Crippen MR) is 62.3 cm³/mol. The first-order valence-corrected chi connectivity index (χ1v) is 5.63. The average molecular weight is 240 g/mol. The van der Waals surface area contributed by atoms with Gasteiger partial charge in [-0.2, -0.15) is 8.75 Å². The SMILES string of the molecule is CNC(c1cnsn1)c1ccccc1Cl. The largest absolute Gasteiger partial charge is 0.308 e. The summed E-state index contributed by atoms with van der Waals surface area (Å²) in [5.41, 5.74) is 1.92. The van der Waals surface area contributed by atoms with Gasteiger partial charge >= 0.3 is 0 Å². The van der Waals surface area contributed by atoms with Crippen LogP contribution < -0.4 is 5.32 Å². The van der Waals surface area contributed by atoms with Gasteiger partial charge in [-0.05, 0) is 18.7 Å². The summed E-state index contributed by atoms with van der Waals surface area (Å²) < 4.78 is 8.21. The topological polar surface area (TPSA) is 37.8 Å². The molecule has 0 saturated heterocycles. The molecule has 78 valence electrons. The molecular weight excluding hydrogens is 230 g/mol. The number of halogens is 1. The van der Waals surface area contributed by atoms with E-state index in [9.17, 15) is 0 Å². The number of benzene rings is 1. The molecule has 0 aliphatic heterocycles. The molecule has 0 fully saturated rings. The van der Waals surface area contributed by atoms with E-state index < -0.39 is 0 Å². The van der Waals surface area contributed by atoms with Gasteiger partial charge in [-0.15, -0.1) is 0 Å². The molecule has 1 heterocycles. The Morgan fingerprint density at radius 2 is 2.20 bits per heavy atom. The van der Waals surface area contributed by atoms with Crippen LogP contribution in [0, 0.1) is 0 Å². The van der Waals surface area contributed by atoms with Crippen LogP contribution in [0.5, 0.6) is 0 Å². The second-order valence-corrected chi connectivity index (χ2v) is 4.04. The highest BCUT2D eigenvalue weighted by molar-refractivity contribution is 6.99. The van der Waals surface area contributed by atoms with Crippen molar-refractivity contribution >= 4 is 23.3 Å². The molecule has 15 heavy (non-hydrogen) atoms. The molecule has 5 heteroatoms. The fourth-order valence-electron chi connectivity index (χ4n) is 1.47. The van der Waals surface area contributed by atoms with Crippen LogP contribution in [-0.2, 0) is 0 Å². The summed E-state index contributed by atoms with van der Waals surface area (Å²) in [6.07, 6.45) is 1.76. The smallest absolute Gasteiger partial charge is 0.0958 e. The van der Waals surface area contributed by atoms with E-state index in [-0.39, 0.29) is 6.04 Å². The molecule has 1 aromatic carbocycles. The lowest BCUT2D eigenvalue weighted by molar-refractivity contribution is 0.677. The van der Waals surface area contributed by atoms with Gasteiger partial charge in [0.1, 0.15) is 0 Å². The monoisotopic (exact) mass is 239 g/mol. The second kappa shape index (κ2) is 4.70. The van der Waals surface area contributed by atoms with E-state index in [4.69, 9.17) is 11.6 Å². The minimum Gasteiger partial charge on any atom is -0.308 e. The zero-order chi connectivity index (χ0) is 10.7. The summed E-state index contributed by atoms with van der Waals surface area (Å²) in [6, 6.07) is 7.75. The Hall–Kier alpha value is -0.970. The zero-order valence-electron chi connectivity index (χ0n) is 8.14. The van der Waals surface area contributed by atoms with Gasteiger partial charge in [0, 0.05) is 5.02 Å². The van der Waals surface area contributed by atoms with Crippen molar-refractivity contribution in [3.63, 3.8) is 0 Å². The quantitative estimate of drug-likeness (QED) is 0.895. The summed E-state index contributed by atoms with van der Waals surface area (Å²) in [5.74, 6) is 0. The molecule has 2 aromatic rings. The highest BCUT2D eigenvalue weighted by atomic mass is 35.5. The fraction of sp³-hybridized carbons (Fsp3) is 0.200. The van der Waals surface area contributed by atoms with Crippen molar-refractivity contribution in [2.75, 3.05) is 7.05 Å². The van der Waals surface area contributed by atoms with Gasteiger partial charge in [-0.3, -0.25) is 0 Å². The van der Waals surface area contributed by atoms with Gasteiger partial charge in [-0.25, -0.2) is 0 Å². The lowest BCUT2D eigenvalue weighted by Crippen LogP contribution is -2.18. The summed E-state index contributed by atoms with van der Waals surface area (Å²) in [4.78, 5) is 0. The first-order valence-electron chi connectivity index (χ1n) is 4.52. The lowest BCUT2D eigenvalue weighted by Gasteiger charge is -2.14. The van der Waals surface area contributed by atoms with E-state index in [2.05, 4.69) is 14.1 Å². The Kier molecular flexibility index (Phi) is 3.30. The molecule has 0 spiro atoms. The van der Waals surface area contributed by atoms with Crippen LogP contribution in [0.2, 0.25) is 5.02 Å². The van der Waals surface area contributed by atoms with Crippen molar-refractivity contribution in [3.05, 3.63) is 46.7 Å². The van der Waals surface area contributed by atoms with E-state index in [0.29, 0.717) is 0 Å². The third-order valence-electron chi connectivity index (χ3n) is 2.18. The van der Waals surface area contributed by atoms with Crippen molar-refractivity contribution in [1.29, 1.82) is 0 Å². The fourth-order valence-corrected chi connectivity index (χ4v) is 2.16. The molecule has 1 aromatic heterocycles. The Labute approximate surface area is 97.4 Å².